The first-order valence-electron chi connectivity index (χ1n) is 12.1. The highest BCUT2D eigenvalue weighted by Crippen LogP contribution is 2.41. The molecule has 0 radical (unpaired) electrons. The molecule has 1 saturated heterocycles. The number of rotatable bonds is 7. The van der Waals surface area contributed by atoms with E-state index >= 15 is 0 Å². The molecule has 1 N–H and O–H groups in total. The lowest BCUT2D eigenvalue weighted by atomic mass is 9.99. The second-order valence-corrected chi connectivity index (χ2v) is 9.38. The van der Waals surface area contributed by atoms with Gasteiger partial charge in [0, 0.05) is 37.3 Å². The highest BCUT2D eigenvalue weighted by Gasteiger charge is 2.34. The first-order chi connectivity index (χ1) is 16.9. The van der Waals surface area contributed by atoms with E-state index in [1.54, 1.807) is 25.1 Å². The average molecular weight is 482 g/mol. The predicted molar refractivity (Wildman–Crippen MR) is 129 cm³/mol. The van der Waals surface area contributed by atoms with Crippen molar-refractivity contribution in [3.8, 4) is 0 Å². The van der Waals surface area contributed by atoms with Crippen molar-refractivity contribution in [2.24, 2.45) is 5.92 Å². The standard InChI is InChI=1S/C27H29F2N3O3/c1-17-23(26(33)30-25(18-8-9-18)19-4-2-5-20(28)16-19)21-6-3-7-22(29)24(21)27(34)32(17)11-10-31-12-14-35-15-13-31/h2-7,16,18,25H,8-15H2,1H3,(H,30,33)/t25-/m0/s1. The quantitative estimate of drug-likeness (QED) is 0.558. The Hall–Kier alpha value is -3.10. The van der Waals surface area contributed by atoms with Gasteiger partial charge in [0.2, 0.25) is 0 Å². The van der Waals surface area contributed by atoms with Crippen molar-refractivity contribution >= 4 is 16.7 Å². The number of fused-ring (bicyclic) bond motifs is 1. The third-order valence-electron chi connectivity index (χ3n) is 7.07. The zero-order valence-corrected chi connectivity index (χ0v) is 19.7. The van der Waals surface area contributed by atoms with Crippen molar-refractivity contribution in [1.29, 1.82) is 0 Å². The molecule has 35 heavy (non-hydrogen) atoms. The van der Waals surface area contributed by atoms with E-state index in [1.807, 2.05) is 0 Å². The minimum absolute atomic E-state index is 0.0843. The second-order valence-electron chi connectivity index (χ2n) is 9.38. The summed E-state index contributed by atoms with van der Waals surface area (Å²) in [6.07, 6.45) is 1.88. The van der Waals surface area contributed by atoms with Crippen LogP contribution >= 0.6 is 0 Å². The van der Waals surface area contributed by atoms with Crippen molar-refractivity contribution in [1.82, 2.24) is 14.8 Å². The molecular weight excluding hydrogens is 452 g/mol. The van der Waals surface area contributed by atoms with Crippen molar-refractivity contribution in [3.63, 3.8) is 0 Å². The number of benzene rings is 2. The molecule has 2 aromatic carbocycles. The summed E-state index contributed by atoms with van der Waals surface area (Å²) < 4.78 is 35.7. The Labute approximate surface area is 202 Å². The lowest BCUT2D eigenvalue weighted by molar-refractivity contribution is 0.0362. The molecule has 0 unspecified atom stereocenters. The maximum absolute atomic E-state index is 14.9. The summed E-state index contributed by atoms with van der Waals surface area (Å²) >= 11 is 0. The van der Waals surface area contributed by atoms with Crippen LogP contribution in [-0.4, -0.2) is 48.2 Å². The first-order valence-corrected chi connectivity index (χ1v) is 12.1. The molecule has 6 nitrogen and oxygen atoms in total. The van der Waals surface area contributed by atoms with Gasteiger partial charge in [-0.05, 0) is 49.4 Å². The topological polar surface area (TPSA) is 63.6 Å². The van der Waals surface area contributed by atoms with Gasteiger partial charge in [-0.2, -0.15) is 0 Å². The van der Waals surface area contributed by atoms with Gasteiger partial charge < -0.3 is 14.6 Å². The van der Waals surface area contributed by atoms with Crippen LogP contribution in [0.3, 0.4) is 0 Å². The molecule has 184 valence electrons. The van der Waals surface area contributed by atoms with E-state index in [9.17, 15) is 18.4 Å². The monoisotopic (exact) mass is 481 g/mol. The SMILES string of the molecule is Cc1c(C(=O)N[C@H](c2cccc(F)c2)C2CC2)c2cccc(F)c2c(=O)n1CCN1CCOCC1. The molecule has 1 atom stereocenters. The summed E-state index contributed by atoms with van der Waals surface area (Å²) in [6.45, 7) is 5.46. The molecule has 5 rings (SSSR count). The average Bonchev–Trinajstić information content (AvgIpc) is 3.68. The number of halogens is 2. The van der Waals surface area contributed by atoms with Crippen LogP contribution in [0.2, 0.25) is 0 Å². The van der Waals surface area contributed by atoms with Gasteiger partial charge in [0.25, 0.3) is 11.5 Å². The Kier molecular flexibility index (Phi) is 6.67. The zero-order chi connectivity index (χ0) is 24.5. The number of hydrogen-bond donors (Lipinski definition) is 1. The summed E-state index contributed by atoms with van der Waals surface area (Å²) in [5, 5.41) is 3.28. The van der Waals surface area contributed by atoms with E-state index in [2.05, 4.69) is 10.2 Å². The van der Waals surface area contributed by atoms with E-state index in [4.69, 9.17) is 4.74 Å². The maximum Gasteiger partial charge on any atom is 0.261 e. The third kappa shape index (κ3) is 4.86. The van der Waals surface area contributed by atoms with Crippen molar-refractivity contribution in [3.05, 3.63) is 81.3 Å². The van der Waals surface area contributed by atoms with Gasteiger partial charge in [0.1, 0.15) is 11.6 Å². The number of carbonyl (C=O) groups excluding carboxylic acids is 1. The molecule has 0 bridgehead atoms. The molecule has 2 fully saturated rings. The predicted octanol–water partition coefficient (Wildman–Crippen LogP) is 3.80. The van der Waals surface area contributed by atoms with Gasteiger partial charge in [-0.1, -0.05) is 24.3 Å². The van der Waals surface area contributed by atoms with Crippen LogP contribution in [0.5, 0.6) is 0 Å². The Morgan fingerprint density at radius 2 is 1.86 bits per heavy atom. The van der Waals surface area contributed by atoms with Gasteiger partial charge in [-0.25, -0.2) is 8.78 Å². The fraction of sp³-hybridized carbons (Fsp3) is 0.407. The minimum atomic E-state index is -0.648. The number of morpholine rings is 1. The summed E-state index contributed by atoms with van der Waals surface area (Å²) in [5.41, 5.74) is 1.04. The number of aromatic nitrogens is 1. The summed E-state index contributed by atoms with van der Waals surface area (Å²) in [4.78, 5) is 29.2. The smallest absolute Gasteiger partial charge is 0.261 e. The second kappa shape index (κ2) is 9.87. The van der Waals surface area contributed by atoms with E-state index < -0.39 is 11.4 Å². The van der Waals surface area contributed by atoms with Crippen LogP contribution in [0, 0.1) is 24.5 Å². The van der Waals surface area contributed by atoms with Crippen LogP contribution in [0.1, 0.15) is 40.5 Å². The molecule has 1 amide bonds. The van der Waals surface area contributed by atoms with Crippen molar-refractivity contribution in [2.75, 3.05) is 32.8 Å². The molecule has 1 saturated carbocycles. The molecule has 2 heterocycles. The fourth-order valence-electron chi connectivity index (χ4n) is 5.01. The molecular formula is C27H29F2N3O3. The van der Waals surface area contributed by atoms with Crippen molar-refractivity contribution in [2.45, 2.75) is 32.4 Å². The van der Waals surface area contributed by atoms with E-state index in [0.717, 1.165) is 25.9 Å². The Balaban J connectivity index is 1.53. The van der Waals surface area contributed by atoms with Crippen LogP contribution < -0.4 is 10.9 Å². The Morgan fingerprint density at radius 1 is 1.11 bits per heavy atom. The minimum Gasteiger partial charge on any atom is -0.379 e. The van der Waals surface area contributed by atoms with Crippen LogP contribution in [0.15, 0.2) is 47.3 Å². The summed E-state index contributed by atoms with van der Waals surface area (Å²) in [5.74, 6) is -1.18. The summed E-state index contributed by atoms with van der Waals surface area (Å²) in [7, 11) is 0. The van der Waals surface area contributed by atoms with Crippen LogP contribution in [-0.2, 0) is 11.3 Å². The largest absolute Gasteiger partial charge is 0.379 e. The lowest BCUT2D eigenvalue weighted by Crippen LogP contribution is -2.40. The number of hydrogen-bond acceptors (Lipinski definition) is 4. The molecule has 1 aromatic heterocycles. The molecule has 2 aliphatic rings. The number of amides is 1. The van der Waals surface area contributed by atoms with Gasteiger partial charge in [-0.15, -0.1) is 0 Å². The molecule has 0 spiro atoms. The normalized spacial score (nSPS) is 17.5. The van der Waals surface area contributed by atoms with E-state index in [1.165, 1.54) is 28.8 Å². The van der Waals surface area contributed by atoms with Gasteiger partial charge in [0.15, 0.2) is 0 Å². The highest BCUT2D eigenvalue weighted by atomic mass is 19.1. The first kappa shape index (κ1) is 23.6. The highest BCUT2D eigenvalue weighted by molar-refractivity contribution is 6.08. The Bertz CT molecular complexity index is 1310. The molecule has 1 aliphatic carbocycles. The van der Waals surface area contributed by atoms with Gasteiger partial charge in [-0.3, -0.25) is 14.5 Å². The van der Waals surface area contributed by atoms with Crippen molar-refractivity contribution < 1.29 is 18.3 Å². The fourth-order valence-corrected chi connectivity index (χ4v) is 5.01. The van der Waals surface area contributed by atoms with Gasteiger partial charge >= 0.3 is 0 Å². The molecule has 1 aliphatic heterocycles. The number of ether oxygens (including phenoxy) is 1. The molecule has 8 heteroatoms. The number of carbonyl (C=O) groups is 1. The summed E-state index contributed by atoms with van der Waals surface area (Å²) in [6, 6.07) is 10.3. The zero-order valence-electron chi connectivity index (χ0n) is 19.7. The number of nitrogens with zero attached hydrogens (tertiary/aromatic N) is 2. The van der Waals surface area contributed by atoms with Crippen LogP contribution in [0.25, 0.3) is 10.8 Å². The van der Waals surface area contributed by atoms with Gasteiger partial charge in [0.05, 0.1) is 30.2 Å². The lowest BCUT2D eigenvalue weighted by Gasteiger charge is -2.27. The molecule has 3 aromatic rings. The van der Waals surface area contributed by atoms with Crippen LogP contribution in [0.4, 0.5) is 8.78 Å². The van der Waals surface area contributed by atoms with E-state index in [0.29, 0.717) is 42.9 Å². The number of nitrogens with one attached hydrogen (secondary N) is 1. The number of pyridine rings is 1. The Morgan fingerprint density at radius 3 is 2.57 bits per heavy atom. The maximum atomic E-state index is 14.9. The van der Waals surface area contributed by atoms with E-state index in [-0.39, 0.29) is 34.6 Å². The third-order valence-corrected chi connectivity index (χ3v) is 7.07.